The second-order valence-electron chi connectivity index (χ2n) is 4.52. The molecule has 3 heteroatoms. The molecule has 1 N–H and O–H groups in total. The minimum Gasteiger partial charge on any atom is -0.489 e. The van der Waals surface area contributed by atoms with Gasteiger partial charge in [-0.2, -0.15) is 0 Å². The number of hydrogen-bond donors (Lipinski definition) is 1. The molecule has 0 bridgehead atoms. The lowest BCUT2D eigenvalue weighted by Crippen LogP contribution is -2.36. The zero-order valence-electron chi connectivity index (χ0n) is 8.14. The molecule has 1 aliphatic carbocycles. The molecule has 0 aromatic heterocycles. The molecular formula is C10H15NOS. The summed E-state index contributed by atoms with van der Waals surface area (Å²) in [5.74, 6) is 0.959. The molecule has 0 atom stereocenters. The van der Waals surface area contributed by atoms with Crippen LogP contribution in [-0.2, 0) is 4.74 Å². The standard InChI is InChI=1S/C10H15NOS/c1-10(2)5-7-9(8(13)6-10)12-4-3-11-7/h11H,3-6H2,1-2H3. The number of hydrogen-bond acceptors (Lipinski definition) is 3. The molecule has 0 radical (unpaired) electrons. The monoisotopic (exact) mass is 197 g/mol. The van der Waals surface area contributed by atoms with Crippen molar-refractivity contribution < 1.29 is 4.74 Å². The van der Waals surface area contributed by atoms with Crippen molar-refractivity contribution >= 4 is 17.1 Å². The van der Waals surface area contributed by atoms with Crippen molar-refractivity contribution in [3.05, 3.63) is 11.5 Å². The van der Waals surface area contributed by atoms with Gasteiger partial charge in [-0.1, -0.05) is 26.1 Å². The van der Waals surface area contributed by atoms with Gasteiger partial charge in [0.25, 0.3) is 0 Å². The number of ether oxygens (including phenoxy) is 1. The van der Waals surface area contributed by atoms with Gasteiger partial charge in [0.1, 0.15) is 6.61 Å². The van der Waals surface area contributed by atoms with Gasteiger partial charge in [0, 0.05) is 6.54 Å². The second kappa shape index (κ2) is 2.98. The number of nitrogens with one attached hydrogen (secondary N) is 1. The van der Waals surface area contributed by atoms with E-state index in [0.29, 0.717) is 5.41 Å². The zero-order valence-corrected chi connectivity index (χ0v) is 8.96. The maximum atomic E-state index is 5.56. The van der Waals surface area contributed by atoms with Crippen LogP contribution in [0.15, 0.2) is 11.5 Å². The van der Waals surface area contributed by atoms with Crippen LogP contribution in [0.25, 0.3) is 0 Å². The largest absolute Gasteiger partial charge is 0.489 e. The number of rotatable bonds is 0. The van der Waals surface area contributed by atoms with Crippen LogP contribution in [-0.4, -0.2) is 18.0 Å². The molecule has 1 heterocycles. The summed E-state index contributed by atoms with van der Waals surface area (Å²) in [4.78, 5) is 0.985. The van der Waals surface area contributed by atoms with Crippen LogP contribution < -0.4 is 5.32 Å². The second-order valence-corrected chi connectivity index (χ2v) is 5.02. The highest BCUT2D eigenvalue weighted by atomic mass is 32.1. The van der Waals surface area contributed by atoms with E-state index in [-0.39, 0.29) is 0 Å². The van der Waals surface area contributed by atoms with Crippen LogP contribution in [0.3, 0.4) is 0 Å². The van der Waals surface area contributed by atoms with E-state index in [1.54, 1.807) is 0 Å². The van der Waals surface area contributed by atoms with Crippen LogP contribution in [0.4, 0.5) is 0 Å². The van der Waals surface area contributed by atoms with E-state index in [1.165, 1.54) is 5.70 Å². The third kappa shape index (κ3) is 1.70. The first-order chi connectivity index (χ1) is 6.08. The summed E-state index contributed by atoms with van der Waals surface area (Å²) < 4.78 is 5.56. The molecule has 0 aromatic carbocycles. The fraction of sp³-hybridized carbons (Fsp3) is 0.700. The first-order valence-corrected chi connectivity index (χ1v) is 5.12. The molecule has 1 aliphatic heterocycles. The molecule has 13 heavy (non-hydrogen) atoms. The Bertz CT molecular complexity index is 281. The van der Waals surface area contributed by atoms with Gasteiger partial charge in [0.2, 0.25) is 0 Å². The summed E-state index contributed by atoms with van der Waals surface area (Å²) in [6.07, 6.45) is 2.03. The fourth-order valence-electron chi connectivity index (χ4n) is 1.97. The maximum Gasteiger partial charge on any atom is 0.152 e. The molecule has 0 unspecified atom stereocenters. The normalized spacial score (nSPS) is 26.2. The minimum atomic E-state index is 0.295. The molecular weight excluding hydrogens is 182 g/mol. The van der Waals surface area contributed by atoms with Gasteiger partial charge in [-0.15, -0.1) is 0 Å². The lowest BCUT2D eigenvalue weighted by atomic mass is 9.78. The third-order valence-electron chi connectivity index (χ3n) is 2.51. The molecule has 0 amide bonds. The van der Waals surface area contributed by atoms with Gasteiger partial charge in [-0.3, -0.25) is 0 Å². The topological polar surface area (TPSA) is 21.3 Å². The predicted octanol–water partition coefficient (Wildman–Crippen LogP) is 2.01. The first-order valence-electron chi connectivity index (χ1n) is 4.71. The molecule has 0 spiro atoms. The maximum absolute atomic E-state index is 5.56. The molecule has 0 aromatic rings. The average molecular weight is 197 g/mol. The van der Waals surface area contributed by atoms with Crippen molar-refractivity contribution in [3.8, 4) is 0 Å². The summed E-state index contributed by atoms with van der Waals surface area (Å²) in [6.45, 7) is 6.16. The lowest BCUT2D eigenvalue weighted by Gasteiger charge is -2.35. The lowest BCUT2D eigenvalue weighted by molar-refractivity contribution is 0.191. The summed E-state index contributed by atoms with van der Waals surface area (Å²) in [6, 6.07) is 0. The van der Waals surface area contributed by atoms with E-state index in [4.69, 9.17) is 17.0 Å². The Morgan fingerprint density at radius 1 is 1.38 bits per heavy atom. The molecule has 2 rings (SSSR count). The fourth-order valence-corrected chi connectivity index (χ4v) is 2.54. The molecule has 2 aliphatic rings. The minimum absolute atomic E-state index is 0.295. The van der Waals surface area contributed by atoms with Gasteiger partial charge in [0.15, 0.2) is 5.76 Å². The highest BCUT2D eigenvalue weighted by Gasteiger charge is 2.32. The van der Waals surface area contributed by atoms with Crippen molar-refractivity contribution in [1.82, 2.24) is 5.32 Å². The molecule has 0 saturated carbocycles. The Hall–Kier alpha value is -0.570. The average Bonchev–Trinajstić information content (AvgIpc) is 2.02. The van der Waals surface area contributed by atoms with Gasteiger partial charge in [0.05, 0.1) is 10.6 Å². The molecule has 0 saturated heterocycles. The Kier molecular flexibility index (Phi) is 2.06. The van der Waals surface area contributed by atoms with Gasteiger partial charge < -0.3 is 10.1 Å². The van der Waals surface area contributed by atoms with Crippen LogP contribution >= 0.6 is 12.2 Å². The van der Waals surface area contributed by atoms with Crippen LogP contribution in [0.1, 0.15) is 26.7 Å². The van der Waals surface area contributed by atoms with Crippen molar-refractivity contribution in [1.29, 1.82) is 0 Å². The summed E-state index contributed by atoms with van der Waals surface area (Å²) in [7, 11) is 0. The summed E-state index contributed by atoms with van der Waals surface area (Å²) >= 11 is 5.33. The van der Waals surface area contributed by atoms with Crippen LogP contribution in [0.2, 0.25) is 0 Å². The van der Waals surface area contributed by atoms with Crippen LogP contribution in [0, 0.1) is 5.41 Å². The Labute approximate surface area is 84.3 Å². The quantitative estimate of drug-likeness (QED) is 0.600. The first kappa shape index (κ1) is 9.00. The SMILES string of the molecule is CC1(C)CC(=S)C2=C(C1)NCCO2. The zero-order chi connectivity index (χ0) is 9.47. The summed E-state index contributed by atoms with van der Waals surface area (Å²) in [5, 5.41) is 3.37. The smallest absolute Gasteiger partial charge is 0.152 e. The summed E-state index contributed by atoms with van der Waals surface area (Å²) in [5.41, 5.74) is 1.51. The van der Waals surface area contributed by atoms with Crippen molar-refractivity contribution in [2.75, 3.05) is 13.2 Å². The highest BCUT2D eigenvalue weighted by Crippen LogP contribution is 2.37. The Morgan fingerprint density at radius 3 is 2.92 bits per heavy atom. The van der Waals surface area contributed by atoms with Gasteiger partial charge in [-0.25, -0.2) is 0 Å². The number of thiocarbonyl (C=S) groups is 1. The van der Waals surface area contributed by atoms with E-state index in [9.17, 15) is 0 Å². The van der Waals surface area contributed by atoms with E-state index in [0.717, 1.165) is 36.6 Å². The predicted molar refractivity (Wildman–Crippen MR) is 56.6 cm³/mol. The van der Waals surface area contributed by atoms with E-state index < -0.39 is 0 Å². The Balaban J connectivity index is 2.30. The number of allylic oxidation sites excluding steroid dienone is 2. The van der Waals surface area contributed by atoms with Gasteiger partial charge in [-0.05, 0) is 18.3 Å². The van der Waals surface area contributed by atoms with Gasteiger partial charge >= 0.3 is 0 Å². The molecule has 2 nitrogen and oxygen atoms in total. The van der Waals surface area contributed by atoms with Crippen LogP contribution in [0.5, 0.6) is 0 Å². The third-order valence-corrected chi connectivity index (χ3v) is 2.84. The van der Waals surface area contributed by atoms with Crippen molar-refractivity contribution in [3.63, 3.8) is 0 Å². The van der Waals surface area contributed by atoms with E-state index in [1.807, 2.05) is 0 Å². The highest BCUT2D eigenvalue weighted by molar-refractivity contribution is 7.80. The van der Waals surface area contributed by atoms with E-state index >= 15 is 0 Å². The van der Waals surface area contributed by atoms with Crippen molar-refractivity contribution in [2.24, 2.45) is 5.41 Å². The van der Waals surface area contributed by atoms with E-state index in [2.05, 4.69) is 19.2 Å². The Morgan fingerprint density at radius 2 is 2.15 bits per heavy atom. The molecule has 0 fully saturated rings. The van der Waals surface area contributed by atoms with Crippen molar-refractivity contribution in [2.45, 2.75) is 26.7 Å². The molecule has 72 valence electrons.